The van der Waals surface area contributed by atoms with Crippen molar-refractivity contribution in [1.29, 1.82) is 0 Å². The molecule has 2 atom stereocenters. The molecule has 1 aliphatic rings. The van der Waals surface area contributed by atoms with Crippen LogP contribution in [0.2, 0.25) is 0 Å². The van der Waals surface area contributed by atoms with Crippen LogP contribution < -0.4 is 15.4 Å². The molecule has 1 aliphatic heterocycles. The maximum atomic E-state index is 12.3. The minimum absolute atomic E-state index is 0.263. The molecule has 7 heteroatoms. The molecule has 0 aliphatic carbocycles. The van der Waals surface area contributed by atoms with Gasteiger partial charge >= 0.3 is 5.97 Å². The van der Waals surface area contributed by atoms with Crippen molar-refractivity contribution >= 4 is 34.2 Å². The van der Waals surface area contributed by atoms with Crippen molar-refractivity contribution in [3.63, 3.8) is 0 Å². The molecule has 0 fully saturated rings. The third-order valence-corrected chi connectivity index (χ3v) is 5.09. The highest BCUT2D eigenvalue weighted by Gasteiger charge is 2.30. The molecule has 0 saturated carbocycles. The van der Waals surface area contributed by atoms with E-state index in [2.05, 4.69) is 10.6 Å². The molecule has 31 heavy (non-hydrogen) atoms. The first-order valence-electron chi connectivity index (χ1n) is 10.0. The fraction of sp³-hybridized carbons (Fsp3) is 0.208. The lowest BCUT2D eigenvalue weighted by Gasteiger charge is -2.25. The number of para-hydroxylation sites is 2. The Morgan fingerprint density at radius 2 is 1.81 bits per heavy atom. The molecule has 2 amide bonds. The van der Waals surface area contributed by atoms with E-state index in [0.29, 0.717) is 11.4 Å². The molecular weight excluding hydrogens is 396 g/mol. The van der Waals surface area contributed by atoms with Crippen molar-refractivity contribution in [2.75, 3.05) is 11.9 Å². The summed E-state index contributed by atoms with van der Waals surface area (Å²) in [6.45, 7) is 1.44. The number of amides is 2. The lowest BCUT2D eigenvalue weighted by Crippen LogP contribution is -2.39. The lowest BCUT2D eigenvalue weighted by molar-refractivity contribution is -0.151. The molecule has 3 aromatic rings. The Morgan fingerprint density at radius 1 is 1.06 bits per heavy atom. The second-order valence-corrected chi connectivity index (χ2v) is 7.31. The monoisotopic (exact) mass is 418 g/mol. The van der Waals surface area contributed by atoms with E-state index in [1.54, 1.807) is 24.3 Å². The van der Waals surface area contributed by atoms with Crippen molar-refractivity contribution in [2.24, 2.45) is 0 Å². The van der Waals surface area contributed by atoms with E-state index in [4.69, 9.17) is 9.47 Å². The zero-order valence-corrected chi connectivity index (χ0v) is 17.0. The van der Waals surface area contributed by atoms with E-state index in [1.807, 2.05) is 49.4 Å². The molecule has 0 saturated heterocycles. The Bertz CT molecular complexity index is 1140. The van der Waals surface area contributed by atoms with Gasteiger partial charge in [0.2, 0.25) is 0 Å². The summed E-state index contributed by atoms with van der Waals surface area (Å²) in [6, 6.07) is 20.5. The molecule has 3 aromatic carbocycles. The van der Waals surface area contributed by atoms with Crippen molar-refractivity contribution < 1.29 is 23.9 Å². The van der Waals surface area contributed by atoms with Crippen molar-refractivity contribution in [1.82, 2.24) is 5.32 Å². The Morgan fingerprint density at radius 3 is 2.68 bits per heavy atom. The van der Waals surface area contributed by atoms with Crippen LogP contribution in [0.3, 0.4) is 0 Å². The third kappa shape index (κ3) is 4.66. The quantitative estimate of drug-likeness (QED) is 0.599. The first-order valence-corrected chi connectivity index (χ1v) is 10.0. The van der Waals surface area contributed by atoms with E-state index in [1.165, 1.54) is 0 Å². The fourth-order valence-electron chi connectivity index (χ4n) is 3.57. The number of hydrogen-bond donors (Lipinski definition) is 2. The first kappa shape index (κ1) is 20.4. The van der Waals surface area contributed by atoms with Crippen LogP contribution in [0, 0.1) is 0 Å². The summed E-state index contributed by atoms with van der Waals surface area (Å²) in [6.07, 6.45) is -1.29. The standard InChI is InChI=1S/C24H22N2O5/c1-15(17-10-6-8-16-7-2-3-9-18(16)17)25-22(27)14-30-23(28)13-21-24(29)26-19-11-4-5-12-20(19)31-21/h2-12,15,21H,13-14H2,1H3,(H,25,27)(H,26,29)/t15-,21-/m1/s1. The van der Waals surface area contributed by atoms with Gasteiger partial charge in [-0.3, -0.25) is 14.4 Å². The molecule has 2 N–H and O–H groups in total. The van der Waals surface area contributed by atoms with E-state index in [0.717, 1.165) is 16.3 Å². The van der Waals surface area contributed by atoms with Gasteiger partial charge in [-0.25, -0.2) is 0 Å². The van der Waals surface area contributed by atoms with Crippen LogP contribution in [0.5, 0.6) is 5.75 Å². The van der Waals surface area contributed by atoms with E-state index in [9.17, 15) is 14.4 Å². The van der Waals surface area contributed by atoms with Crippen LogP contribution in [-0.4, -0.2) is 30.5 Å². The highest BCUT2D eigenvalue weighted by molar-refractivity contribution is 5.99. The number of carbonyl (C=O) groups is 3. The normalized spacial score (nSPS) is 15.9. The molecule has 0 spiro atoms. The summed E-state index contributed by atoms with van der Waals surface area (Å²) in [5, 5.41) is 7.67. The van der Waals surface area contributed by atoms with Gasteiger partial charge in [-0.2, -0.15) is 0 Å². The molecule has 4 rings (SSSR count). The molecule has 7 nitrogen and oxygen atoms in total. The highest BCUT2D eigenvalue weighted by Crippen LogP contribution is 2.29. The number of fused-ring (bicyclic) bond motifs is 2. The topological polar surface area (TPSA) is 93.7 Å². The van der Waals surface area contributed by atoms with Crippen LogP contribution in [0.15, 0.2) is 66.7 Å². The first-order chi connectivity index (χ1) is 15.0. The molecular formula is C24H22N2O5. The fourth-order valence-corrected chi connectivity index (χ4v) is 3.57. The molecule has 0 bridgehead atoms. The van der Waals surface area contributed by atoms with Crippen LogP contribution in [0.1, 0.15) is 24.9 Å². The minimum Gasteiger partial charge on any atom is -0.478 e. The average molecular weight is 418 g/mol. The number of benzene rings is 3. The summed E-state index contributed by atoms with van der Waals surface area (Å²) < 4.78 is 10.6. The summed E-state index contributed by atoms with van der Waals surface area (Å²) >= 11 is 0. The average Bonchev–Trinajstić information content (AvgIpc) is 2.77. The Labute approximate surface area is 179 Å². The van der Waals surface area contributed by atoms with Gasteiger partial charge in [0, 0.05) is 0 Å². The maximum Gasteiger partial charge on any atom is 0.310 e. The SMILES string of the molecule is C[C@@H](NC(=O)COC(=O)C[C@H]1Oc2ccccc2NC1=O)c1cccc2ccccc12. The number of esters is 1. The van der Waals surface area contributed by atoms with Gasteiger partial charge in [-0.05, 0) is 35.4 Å². The Hall–Kier alpha value is -3.87. The Balaban J connectivity index is 1.29. The number of carbonyl (C=O) groups excluding carboxylic acids is 3. The highest BCUT2D eigenvalue weighted by atomic mass is 16.5. The Kier molecular flexibility index (Phi) is 5.84. The molecule has 0 aromatic heterocycles. The summed E-state index contributed by atoms with van der Waals surface area (Å²) in [5.74, 6) is -1.05. The van der Waals surface area contributed by atoms with Crippen molar-refractivity contribution in [2.45, 2.75) is 25.5 Å². The van der Waals surface area contributed by atoms with Gasteiger partial charge in [0.1, 0.15) is 5.75 Å². The van der Waals surface area contributed by atoms with Gasteiger partial charge in [-0.15, -0.1) is 0 Å². The van der Waals surface area contributed by atoms with E-state index < -0.39 is 30.5 Å². The minimum atomic E-state index is -1.000. The van der Waals surface area contributed by atoms with E-state index >= 15 is 0 Å². The number of ether oxygens (including phenoxy) is 2. The van der Waals surface area contributed by atoms with Crippen LogP contribution in [-0.2, 0) is 19.1 Å². The second kappa shape index (κ2) is 8.87. The number of nitrogens with one attached hydrogen (secondary N) is 2. The summed E-state index contributed by atoms with van der Waals surface area (Å²) in [5.41, 5.74) is 1.53. The molecule has 1 heterocycles. The zero-order chi connectivity index (χ0) is 21.8. The van der Waals surface area contributed by atoms with Crippen LogP contribution in [0.25, 0.3) is 10.8 Å². The van der Waals surface area contributed by atoms with Gasteiger partial charge in [-0.1, -0.05) is 54.6 Å². The van der Waals surface area contributed by atoms with E-state index in [-0.39, 0.29) is 12.5 Å². The molecule has 158 valence electrons. The maximum absolute atomic E-state index is 12.3. The summed E-state index contributed by atoms with van der Waals surface area (Å²) in [4.78, 5) is 36.5. The third-order valence-electron chi connectivity index (χ3n) is 5.09. The second-order valence-electron chi connectivity index (χ2n) is 7.31. The molecule has 0 radical (unpaired) electrons. The van der Waals surface area contributed by atoms with Crippen LogP contribution in [0.4, 0.5) is 5.69 Å². The van der Waals surface area contributed by atoms with Crippen molar-refractivity contribution in [3.05, 3.63) is 72.3 Å². The van der Waals surface area contributed by atoms with Gasteiger partial charge in [0.15, 0.2) is 12.7 Å². The molecule has 0 unspecified atom stereocenters. The van der Waals surface area contributed by atoms with Gasteiger partial charge < -0.3 is 20.1 Å². The largest absolute Gasteiger partial charge is 0.478 e. The lowest BCUT2D eigenvalue weighted by atomic mass is 10.00. The van der Waals surface area contributed by atoms with Crippen molar-refractivity contribution in [3.8, 4) is 5.75 Å². The summed E-state index contributed by atoms with van der Waals surface area (Å²) in [7, 11) is 0. The predicted octanol–water partition coefficient (Wildman–Crippen LogP) is 3.35. The predicted molar refractivity (Wildman–Crippen MR) is 116 cm³/mol. The number of anilines is 1. The van der Waals surface area contributed by atoms with Gasteiger partial charge in [0.25, 0.3) is 11.8 Å². The number of hydrogen-bond acceptors (Lipinski definition) is 5. The van der Waals surface area contributed by atoms with Gasteiger partial charge in [0.05, 0.1) is 18.2 Å². The van der Waals surface area contributed by atoms with Crippen LogP contribution >= 0.6 is 0 Å². The number of rotatable bonds is 6. The zero-order valence-electron chi connectivity index (χ0n) is 17.0. The smallest absolute Gasteiger partial charge is 0.310 e.